The normalized spacial score (nSPS) is 12.4. The zero-order chi connectivity index (χ0) is 20.0. The summed E-state index contributed by atoms with van der Waals surface area (Å²) in [5, 5.41) is 10.3. The highest BCUT2D eigenvalue weighted by atomic mass is 32.1. The van der Waals surface area contributed by atoms with Gasteiger partial charge in [0.25, 0.3) is 0 Å². The van der Waals surface area contributed by atoms with E-state index in [0.717, 1.165) is 23.1 Å². The Morgan fingerprint density at radius 1 is 1.04 bits per heavy atom. The Kier molecular flexibility index (Phi) is 6.51. The van der Waals surface area contributed by atoms with Crippen LogP contribution in [-0.2, 0) is 19.0 Å². The molecule has 0 aliphatic rings. The number of fused-ring (bicyclic) bond motifs is 1. The number of halogens is 3. The zero-order valence-electron chi connectivity index (χ0n) is 15.4. The number of rotatable bonds is 6. The summed E-state index contributed by atoms with van der Waals surface area (Å²) in [6.45, 7) is 1.15. The second-order valence-corrected chi connectivity index (χ2v) is 7.13. The Balaban J connectivity index is 1.46. The lowest BCUT2D eigenvalue weighted by atomic mass is 10.0. The molecule has 0 amide bonds. The van der Waals surface area contributed by atoms with E-state index in [1.165, 1.54) is 16.3 Å². The third kappa shape index (κ3) is 5.22. The van der Waals surface area contributed by atoms with Crippen LogP contribution in [0, 0.1) is 0 Å². The molecule has 0 radical (unpaired) electrons. The molecular formula is C20H21F3N4S. The Morgan fingerprint density at radius 3 is 2.46 bits per heavy atom. The molecule has 0 aliphatic heterocycles. The molecule has 148 valence electrons. The van der Waals surface area contributed by atoms with Crippen molar-refractivity contribution < 1.29 is 13.2 Å². The fourth-order valence-corrected chi connectivity index (χ4v) is 3.70. The second kappa shape index (κ2) is 9.05. The average molecular weight is 406 g/mol. The van der Waals surface area contributed by atoms with Gasteiger partial charge in [-0.05, 0) is 22.8 Å². The molecule has 0 atom stereocenters. The molecular weight excluding hydrogens is 385 g/mol. The van der Waals surface area contributed by atoms with Crippen LogP contribution in [0.15, 0.2) is 52.8 Å². The van der Waals surface area contributed by atoms with E-state index in [4.69, 9.17) is 0 Å². The van der Waals surface area contributed by atoms with Gasteiger partial charge < -0.3 is 10.6 Å². The number of hydrogen-bond acceptors (Lipinski definition) is 3. The first-order valence-electron chi connectivity index (χ1n) is 8.90. The fourth-order valence-electron chi connectivity index (χ4n) is 2.89. The summed E-state index contributed by atoms with van der Waals surface area (Å²) < 4.78 is 37.7. The van der Waals surface area contributed by atoms with Crippen LogP contribution in [0.1, 0.15) is 16.3 Å². The van der Waals surface area contributed by atoms with Crippen LogP contribution < -0.4 is 10.6 Å². The lowest BCUT2D eigenvalue weighted by Crippen LogP contribution is -2.39. The summed E-state index contributed by atoms with van der Waals surface area (Å²) in [5.74, 6) is 0.618. The summed E-state index contributed by atoms with van der Waals surface area (Å²) in [5.41, 5.74) is 0.425. The number of benzene rings is 2. The van der Waals surface area contributed by atoms with Gasteiger partial charge in [-0.3, -0.25) is 4.99 Å². The van der Waals surface area contributed by atoms with E-state index in [1.807, 2.05) is 18.2 Å². The van der Waals surface area contributed by atoms with Gasteiger partial charge in [-0.1, -0.05) is 42.5 Å². The molecule has 0 spiro atoms. The molecule has 0 fully saturated rings. The molecule has 3 rings (SSSR count). The third-order valence-corrected chi connectivity index (χ3v) is 5.17. The SMILES string of the molecule is CN=C(NCCc1nc(C(F)(F)F)cs1)NCCc1cccc2ccccc12. The van der Waals surface area contributed by atoms with Crippen molar-refractivity contribution in [2.45, 2.75) is 19.0 Å². The number of guanidine groups is 1. The molecule has 2 aromatic carbocycles. The molecule has 0 saturated carbocycles. The molecule has 28 heavy (non-hydrogen) atoms. The molecule has 8 heteroatoms. The van der Waals surface area contributed by atoms with Crippen molar-refractivity contribution in [3.05, 3.63) is 64.1 Å². The number of alkyl halides is 3. The Hall–Kier alpha value is -2.61. The minimum absolute atomic E-state index is 0.408. The van der Waals surface area contributed by atoms with Crippen LogP contribution in [0.3, 0.4) is 0 Å². The highest BCUT2D eigenvalue weighted by Gasteiger charge is 2.33. The van der Waals surface area contributed by atoms with Crippen LogP contribution in [0.2, 0.25) is 0 Å². The van der Waals surface area contributed by atoms with E-state index in [9.17, 15) is 13.2 Å². The summed E-state index contributed by atoms with van der Waals surface area (Å²) in [6, 6.07) is 14.5. The predicted octanol–water partition coefficient (Wildman–Crippen LogP) is 4.27. The molecule has 0 aliphatic carbocycles. The highest BCUT2D eigenvalue weighted by Crippen LogP contribution is 2.30. The van der Waals surface area contributed by atoms with Gasteiger partial charge in [0, 0.05) is 31.9 Å². The predicted molar refractivity (Wildman–Crippen MR) is 108 cm³/mol. The molecule has 0 saturated heterocycles. The lowest BCUT2D eigenvalue weighted by molar-refractivity contribution is -0.140. The molecule has 3 aromatic rings. The quantitative estimate of drug-likeness (QED) is 0.475. The van der Waals surface area contributed by atoms with E-state index in [1.54, 1.807) is 7.05 Å². The molecule has 1 aromatic heterocycles. The van der Waals surface area contributed by atoms with E-state index in [-0.39, 0.29) is 0 Å². The van der Waals surface area contributed by atoms with Crippen molar-refractivity contribution in [1.29, 1.82) is 0 Å². The van der Waals surface area contributed by atoms with Gasteiger partial charge >= 0.3 is 6.18 Å². The Bertz CT molecular complexity index is 945. The van der Waals surface area contributed by atoms with E-state index < -0.39 is 11.9 Å². The minimum atomic E-state index is -4.39. The lowest BCUT2D eigenvalue weighted by Gasteiger charge is -2.12. The monoisotopic (exact) mass is 406 g/mol. The number of nitrogens with one attached hydrogen (secondary N) is 2. The van der Waals surface area contributed by atoms with Crippen molar-refractivity contribution in [1.82, 2.24) is 15.6 Å². The van der Waals surface area contributed by atoms with Crippen molar-refractivity contribution in [2.75, 3.05) is 20.1 Å². The number of aliphatic imine (C=N–C) groups is 1. The minimum Gasteiger partial charge on any atom is -0.356 e. The fraction of sp³-hybridized carbons (Fsp3) is 0.300. The van der Waals surface area contributed by atoms with Crippen LogP contribution >= 0.6 is 11.3 Å². The Labute approximate surface area is 165 Å². The van der Waals surface area contributed by atoms with Crippen LogP contribution in [0.5, 0.6) is 0 Å². The topological polar surface area (TPSA) is 49.3 Å². The smallest absolute Gasteiger partial charge is 0.356 e. The van der Waals surface area contributed by atoms with Gasteiger partial charge in [-0.2, -0.15) is 13.2 Å². The number of thiazole rings is 1. The summed E-state index contributed by atoms with van der Waals surface area (Å²) in [7, 11) is 1.67. The molecule has 2 N–H and O–H groups in total. The third-order valence-electron chi connectivity index (χ3n) is 4.26. The average Bonchev–Trinajstić information content (AvgIpc) is 3.16. The maximum absolute atomic E-state index is 12.6. The number of nitrogens with zero attached hydrogens (tertiary/aromatic N) is 2. The van der Waals surface area contributed by atoms with Gasteiger partial charge in [-0.15, -0.1) is 11.3 Å². The van der Waals surface area contributed by atoms with Gasteiger partial charge in [0.05, 0.1) is 5.01 Å². The van der Waals surface area contributed by atoms with Gasteiger partial charge in [0.1, 0.15) is 0 Å². The second-order valence-electron chi connectivity index (χ2n) is 6.19. The van der Waals surface area contributed by atoms with Gasteiger partial charge in [0.2, 0.25) is 0 Å². The first kappa shape index (κ1) is 20.1. The largest absolute Gasteiger partial charge is 0.434 e. The molecule has 0 unspecified atom stereocenters. The Morgan fingerprint density at radius 2 is 1.75 bits per heavy atom. The highest BCUT2D eigenvalue weighted by molar-refractivity contribution is 7.09. The van der Waals surface area contributed by atoms with Crippen LogP contribution in [0.4, 0.5) is 13.2 Å². The zero-order valence-corrected chi connectivity index (χ0v) is 16.2. The van der Waals surface area contributed by atoms with Gasteiger partial charge in [0.15, 0.2) is 11.7 Å². The van der Waals surface area contributed by atoms with E-state index >= 15 is 0 Å². The standard InChI is InChI=1S/C20H21F3N4S/c1-24-19(26-12-10-18-27-17(13-28-18)20(21,22)23)25-11-9-15-7-4-6-14-5-2-3-8-16(14)15/h2-8,13H,9-12H2,1H3,(H2,24,25,26). The van der Waals surface area contributed by atoms with Gasteiger partial charge in [-0.25, -0.2) is 4.98 Å². The van der Waals surface area contributed by atoms with Crippen molar-refractivity contribution in [3.8, 4) is 0 Å². The van der Waals surface area contributed by atoms with Crippen LogP contribution in [-0.4, -0.2) is 31.1 Å². The number of hydrogen-bond donors (Lipinski definition) is 2. The molecule has 1 heterocycles. The summed E-state index contributed by atoms with van der Waals surface area (Å²) in [6.07, 6.45) is -3.14. The van der Waals surface area contributed by atoms with Crippen LogP contribution in [0.25, 0.3) is 10.8 Å². The first-order valence-corrected chi connectivity index (χ1v) is 9.78. The first-order chi connectivity index (χ1) is 13.5. The van der Waals surface area contributed by atoms with Crippen molar-refractivity contribution >= 4 is 28.1 Å². The van der Waals surface area contributed by atoms with E-state index in [0.29, 0.717) is 30.5 Å². The summed E-state index contributed by atoms with van der Waals surface area (Å²) >= 11 is 1.02. The maximum atomic E-state index is 12.6. The number of aromatic nitrogens is 1. The van der Waals surface area contributed by atoms with Crippen molar-refractivity contribution in [2.24, 2.45) is 4.99 Å². The van der Waals surface area contributed by atoms with Crippen molar-refractivity contribution in [3.63, 3.8) is 0 Å². The maximum Gasteiger partial charge on any atom is 0.434 e. The molecule has 0 bridgehead atoms. The van der Waals surface area contributed by atoms with E-state index in [2.05, 4.69) is 44.9 Å². The molecule has 4 nitrogen and oxygen atoms in total. The summed E-state index contributed by atoms with van der Waals surface area (Å²) in [4.78, 5) is 7.78.